The zero-order valence-corrected chi connectivity index (χ0v) is 12.8. The third-order valence-electron chi connectivity index (χ3n) is 2.18. The van der Waals surface area contributed by atoms with Gasteiger partial charge in [-0.3, -0.25) is 0 Å². The van der Waals surface area contributed by atoms with Crippen LogP contribution in [0.2, 0.25) is 0 Å². The van der Waals surface area contributed by atoms with Crippen molar-refractivity contribution in [2.75, 3.05) is 5.73 Å². The average Bonchev–Trinajstić information content (AvgIpc) is 2.33. The van der Waals surface area contributed by atoms with Crippen LogP contribution in [0, 0.1) is 0 Å². The molecule has 0 saturated heterocycles. The lowest BCUT2D eigenvalue weighted by Gasteiger charge is -2.06. The summed E-state index contributed by atoms with van der Waals surface area (Å²) in [5, 5.41) is 1.00. The topological polar surface area (TPSA) is 38.9 Å². The maximum Gasteiger partial charge on any atom is 0.0963 e. The Bertz CT molecular complexity index is 514. The molecule has 0 saturated carbocycles. The molecular weight excluding hydrogens is 364 g/mol. The van der Waals surface area contributed by atoms with E-state index in [0.29, 0.717) is 0 Å². The van der Waals surface area contributed by atoms with Gasteiger partial charge in [-0.2, -0.15) is 0 Å². The molecule has 0 unspecified atom stereocenters. The van der Waals surface area contributed by atoms with Crippen LogP contribution in [0.1, 0.15) is 5.56 Å². The molecule has 0 fully saturated rings. The minimum Gasteiger partial charge on any atom is -0.398 e. The van der Waals surface area contributed by atoms with Crippen LogP contribution in [-0.2, 0) is 5.75 Å². The summed E-state index contributed by atoms with van der Waals surface area (Å²) in [6, 6.07) is 9.89. The summed E-state index contributed by atoms with van der Waals surface area (Å²) < 4.78 is 1.97. The molecule has 1 aromatic heterocycles. The zero-order chi connectivity index (χ0) is 12.3. The highest BCUT2D eigenvalue weighted by molar-refractivity contribution is 9.11. The van der Waals surface area contributed by atoms with Gasteiger partial charge in [0.05, 0.1) is 5.03 Å². The number of nitrogens with two attached hydrogens (primary N) is 1. The summed E-state index contributed by atoms with van der Waals surface area (Å²) >= 11 is 8.55. The number of benzene rings is 1. The monoisotopic (exact) mass is 372 g/mol. The Hall–Kier alpha value is -0.520. The number of aromatic nitrogens is 1. The van der Waals surface area contributed by atoms with E-state index in [1.165, 1.54) is 5.56 Å². The number of thioether (sulfide) groups is 1. The first-order valence-corrected chi connectivity index (χ1v) is 7.51. The maximum absolute atomic E-state index is 5.83. The van der Waals surface area contributed by atoms with E-state index in [4.69, 9.17) is 5.73 Å². The highest BCUT2D eigenvalue weighted by Crippen LogP contribution is 2.29. The van der Waals surface area contributed by atoms with Gasteiger partial charge in [-0.15, -0.1) is 11.8 Å². The van der Waals surface area contributed by atoms with Crippen molar-refractivity contribution in [2.45, 2.75) is 10.8 Å². The first kappa shape index (κ1) is 12.9. The molecule has 0 amide bonds. The van der Waals surface area contributed by atoms with E-state index in [0.717, 1.165) is 25.4 Å². The Balaban J connectivity index is 2.07. The lowest BCUT2D eigenvalue weighted by molar-refractivity contribution is 1.12. The van der Waals surface area contributed by atoms with E-state index in [1.54, 1.807) is 18.0 Å². The highest BCUT2D eigenvalue weighted by atomic mass is 79.9. The molecule has 0 aliphatic heterocycles. The molecule has 5 heteroatoms. The summed E-state index contributed by atoms with van der Waals surface area (Å²) in [6.45, 7) is 0. The molecule has 2 N–H and O–H groups in total. The van der Waals surface area contributed by atoms with Crippen molar-refractivity contribution in [2.24, 2.45) is 0 Å². The quantitative estimate of drug-likeness (QED) is 0.636. The number of nitrogen functional groups attached to an aromatic ring is 1. The van der Waals surface area contributed by atoms with Crippen molar-refractivity contribution in [1.29, 1.82) is 0 Å². The number of halogens is 2. The normalized spacial score (nSPS) is 10.5. The van der Waals surface area contributed by atoms with Crippen molar-refractivity contribution in [3.8, 4) is 0 Å². The van der Waals surface area contributed by atoms with Crippen LogP contribution in [0.5, 0.6) is 0 Å². The lowest BCUT2D eigenvalue weighted by atomic mass is 10.2. The SMILES string of the molecule is Nc1cccc(CSc2ccc(Br)cn2)c1Br. The van der Waals surface area contributed by atoms with E-state index in [1.807, 2.05) is 24.3 Å². The van der Waals surface area contributed by atoms with Gasteiger partial charge in [0.25, 0.3) is 0 Å². The van der Waals surface area contributed by atoms with Crippen LogP contribution in [0.3, 0.4) is 0 Å². The molecule has 2 rings (SSSR count). The molecule has 0 bridgehead atoms. The molecule has 0 radical (unpaired) electrons. The fourth-order valence-corrected chi connectivity index (χ4v) is 2.97. The van der Waals surface area contributed by atoms with Gasteiger partial charge in [0, 0.05) is 26.6 Å². The van der Waals surface area contributed by atoms with E-state index in [9.17, 15) is 0 Å². The second kappa shape index (κ2) is 5.89. The van der Waals surface area contributed by atoms with Gasteiger partial charge in [0.2, 0.25) is 0 Å². The number of rotatable bonds is 3. The Morgan fingerprint density at radius 1 is 1.18 bits per heavy atom. The van der Waals surface area contributed by atoms with Gasteiger partial charge >= 0.3 is 0 Å². The highest BCUT2D eigenvalue weighted by Gasteiger charge is 2.04. The minimum absolute atomic E-state index is 0.770. The fraction of sp³-hybridized carbons (Fsp3) is 0.0833. The Morgan fingerprint density at radius 2 is 2.00 bits per heavy atom. The molecule has 0 atom stereocenters. The third kappa shape index (κ3) is 3.47. The van der Waals surface area contributed by atoms with Crippen LogP contribution >= 0.6 is 43.6 Å². The van der Waals surface area contributed by atoms with Crippen LogP contribution in [0.15, 0.2) is 50.5 Å². The van der Waals surface area contributed by atoms with Crippen molar-refractivity contribution < 1.29 is 0 Å². The van der Waals surface area contributed by atoms with Crippen molar-refractivity contribution in [1.82, 2.24) is 4.98 Å². The number of hydrogen-bond donors (Lipinski definition) is 1. The summed E-state index contributed by atoms with van der Waals surface area (Å²) in [6.07, 6.45) is 1.80. The van der Waals surface area contributed by atoms with E-state index in [-0.39, 0.29) is 0 Å². The second-order valence-electron chi connectivity index (χ2n) is 3.42. The predicted octanol–water partition coefficient (Wildman–Crippen LogP) is 4.48. The third-order valence-corrected chi connectivity index (χ3v) is 4.61. The average molecular weight is 374 g/mol. The van der Waals surface area contributed by atoms with Crippen LogP contribution in [0.4, 0.5) is 5.69 Å². The first-order chi connectivity index (χ1) is 8.16. The molecule has 0 spiro atoms. The summed E-state index contributed by atoms with van der Waals surface area (Å²) in [5.74, 6) is 0.847. The zero-order valence-electron chi connectivity index (χ0n) is 8.86. The molecule has 0 aliphatic carbocycles. The summed E-state index contributed by atoms with van der Waals surface area (Å²) in [4.78, 5) is 4.31. The van der Waals surface area contributed by atoms with Crippen LogP contribution < -0.4 is 5.73 Å². The number of nitrogens with zero attached hydrogens (tertiary/aromatic N) is 1. The second-order valence-corrected chi connectivity index (χ2v) is 6.13. The number of anilines is 1. The van der Waals surface area contributed by atoms with Gasteiger partial charge in [0.15, 0.2) is 0 Å². The molecule has 88 valence electrons. The standard InChI is InChI=1S/C12H10Br2N2S/c13-9-4-5-11(16-6-9)17-7-8-2-1-3-10(15)12(8)14/h1-6H,7,15H2. The smallest absolute Gasteiger partial charge is 0.0963 e. The van der Waals surface area contributed by atoms with Crippen LogP contribution in [0.25, 0.3) is 0 Å². The Kier molecular flexibility index (Phi) is 4.48. The molecule has 2 nitrogen and oxygen atoms in total. The first-order valence-electron chi connectivity index (χ1n) is 4.94. The van der Waals surface area contributed by atoms with Gasteiger partial charge < -0.3 is 5.73 Å². The predicted molar refractivity (Wildman–Crippen MR) is 80.1 cm³/mol. The largest absolute Gasteiger partial charge is 0.398 e. The van der Waals surface area contributed by atoms with Crippen LogP contribution in [-0.4, -0.2) is 4.98 Å². The van der Waals surface area contributed by atoms with E-state index < -0.39 is 0 Å². The minimum atomic E-state index is 0.770. The number of pyridine rings is 1. The van der Waals surface area contributed by atoms with Crippen molar-refractivity contribution >= 4 is 49.3 Å². The molecule has 17 heavy (non-hydrogen) atoms. The molecule has 1 heterocycles. The summed E-state index contributed by atoms with van der Waals surface area (Å²) in [5.41, 5.74) is 7.78. The van der Waals surface area contributed by atoms with Gasteiger partial charge in [-0.1, -0.05) is 12.1 Å². The maximum atomic E-state index is 5.83. The Morgan fingerprint density at radius 3 is 2.71 bits per heavy atom. The molecule has 0 aliphatic rings. The lowest BCUT2D eigenvalue weighted by Crippen LogP contribution is -1.91. The van der Waals surface area contributed by atoms with E-state index >= 15 is 0 Å². The summed E-state index contributed by atoms with van der Waals surface area (Å²) in [7, 11) is 0. The van der Waals surface area contributed by atoms with Gasteiger partial charge in [-0.25, -0.2) is 4.98 Å². The number of hydrogen-bond acceptors (Lipinski definition) is 3. The van der Waals surface area contributed by atoms with Crippen molar-refractivity contribution in [3.63, 3.8) is 0 Å². The molecular formula is C12H10Br2N2S. The van der Waals surface area contributed by atoms with E-state index in [2.05, 4.69) is 42.9 Å². The molecule has 2 aromatic rings. The van der Waals surface area contributed by atoms with Crippen molar-refractivity contribution in [3.05, 3.63) is 51.0 Å². The van der Waals surface area contributed by atoms with Gasteiger partial charge in [0.1, 0.15) is 0 Å². The van der Waals surface area contributed by atoms with Gasteiger partial charge in [-0.05, 0) is 55.6 Å². The molecule has 1 aromatic carbocycles. The Labute approximate surface area is 121 Å². The fourth-order valence-electron chi connectivity index (χ4n) is 1.31.